The van der Waals surface area contributed by atoms with Gasteiger partial charge in [0.25, 0.3) is 0 Å². The summed E-state index contributed by atoms with van der Waals surface area (Å²) >= 11 is 0. The molecule has 0 spiro atoms. The van der Waals surface area contributed by atoms with E-state index in [-0.39, 0.29) is 5.97 Å². The van der Waals surface area contributed by atoms with E-state index >= 15 is 0 Å². The molecular formula is C29H40O2. The molecule has 0 aliphatic heterocycles. The van der Waals surface area contributed by atoms with Crippen molar-refractivity contribution in [3.8, 4) is 5.75 Å². The molecule has 2 heteroatoms. The fourth-order valence-corrected chi connectivity index (χ4v) is 5.07. The van der Waals surface area contributed by atoms with E-state index in [1.165, 1.54) is 88.2 Å². The van der Waals surface area contributed by atoms with E-state index in [0.29, 0.717) is 16.7 Å². The zero-order valence-corrected chi connectivity index (χ0v) is 19.6. The molecule has 0 heterocycles. The van der Waals surface area contributed by atoms with Crippen molar-refractivity contribution >= 4 is 5.97 Å². The van der Waals surface area contributed by atoms with E-state index < -0.39 is 0 Å². The van der Waals surface area contributed by atoms with Crippen molar-refractivity contribution in [2.45, 2.75) is 103 Å². The summed E-state index contributed by atoms with van der Waals surface area (Å²) in [6.07, 6.45) is 17.0. The molecule has 0 aromatic heterocycles. The molecule has 31 heavy (non-hydrogen) atoms. The third-order valence-electron chi connectivity index (χ3n) is 7.09. The summed E-state index contributed by atoms with van der Waals surface area (Å²) < 4.78 is 5.65. The van der Waals surface area contributed by atoms with Gasteiger partial charge in [-0.25, -0.2) is 4.79 Å². The number of ether oxygens (including phenoxy) is 1. The lowest BCUT2D eigenvalue weighted by atomic mass is 9.66. The molecule has 2 aromatic rings. The Kier molecular flexibility index (Phi) is 9.18. The monoisotopic (exact) mass is 420 g/mol. The average Bonchev–Trinajstić information content (AvgIpc) is 2.82. The van der Waals surface area contributed by atoms with E-state index in [2.05, 4.69) is 26.0 Å². The maximum atomic E-state index is 12.5. The lowest BCUT2D eigenvalue weighted by Gasteiger charge is -2.38. The zero-order chi connectivity index (χ0) is 21.9. The van der Waals surface area contributed by atoms with Crippen LogP contribution in [0.4, 0.5) is 0 Å². The SMILES string of the molecule is CCCCCCCCC1(c2ccc(OC(=O)c3ccc(CC)cc3)cc2)CCCCC1. The Hall–Kier alpha value is -2.09. The van der Waals surface area contributed by atoms with E-state index in [0.717, 1.165) is 6.42 Å². The van der Waals surface area contributed by atoms with Gasteiger partial charge in [-0.3, -0.25) is 0 Å². The van der Waals surface area contributed by atoms with Crippen LogP contribution in [-0.4, -0.2) is 5.97 Å². The second kappa shape index (κ2) is 12.1. The molecule has 2 aromatic carbocycles. The minimum atomic E-state index is -0.283. The predicted molar refractivity (Wildman–Crippen MR) is 130 cm³/mol. The summed E-state index contributed by atoms with van der Waals surface area (Å²) in [6, 6.07) is 16.1. The van der Waals surface area contributed by atoms with E-state index in [4.69, 9.17) is 4.74 Å². The van der Waals surface area contributed by atoms with Crippen LogP contribution in [0.5, 0.6) is 5.75 Å². The van der Waals surface area contributed by atoms with Gasteiger partial charge in [-0.15, -0.1) is 0 Å². The molecular weight excluding hydrogens is 380 g/mol. The second-order valence-electron chi connectivity index (χ2n) is 9.32. The van der Waals surface area contributed by atoms with Gasteiger partial charge in [-0.05, 0) is 66.5 Å². The van der Waals surface area contributed by atoms with Crippen LogP contribution in [0.25, 0.3) is 0 Å². The predicted octanol–water partition coefficient (Wildman–Crippen LogP) is 8.42. The molecule has 1 saturated carbocycles. The molecule has 0 atom stereocenters. The average molecular weight is 421 g/mol. The van der Waals surface area contributed by atoms with Gasteiger partial charge in [0.2, 0.25) is 0 Å². The van der Waals surface area contributed by atoms with Crippen molar-refractivity contribution in [2.75, 3.05) is 0 Å². The Balaban J connectivity index is 1.61. The number of benzene rings is 2. The molecule has 168 valence electrons. The highest BCUT2D eigenvalue weighted by molar-refractivity contribution is 5.91. The third kappa shape index (κ3) is 6.69. The van der Waals surface area contributed by atoms with Crippen LogP contribution < -0.4 is 4.74 Å². The van der Waals surface area contributed by atoms with Gasteiger partial charge in [-0.1, -0.05) is 95.9 Å². The molecule has 1 fully saturated rings. The molecule has 1 aliphatic carbocycles. The highest BCUT2D eigenvalue weighted by Crippen LogP contribution is 2.43. The van der Waals surface area contributed by atoms with Crippen LogP contribution in [0.2, 0.25) is 0 Å². The van der Waals surface area contributed by atoms with Crippen molar-refractivity contribution in [1.82, 2.24) is 0 Å². The first kappa shape index (κ1) is 23.6. The number of unbranched alkanes of at least 4 members (excludes halogenated alkanes) is 5. The Bertz CT molecular complexity index is 782. The van der Waals surface area contributed by atoms with Crippen LogP contribution in [0.1, 0.15) is 112 Å². The zero-order valence-electron chi connectivity index (χ0n) is 19.6. The summed E-state index contributed by atoms with van der Waals surface area (Å²) in [6.45, 7) is 4.39. The van der Waals surface area contributed by atoms with E-state index in [9.17, 15) is 4.79 Å². The first-order chi connectivity index (χ1) is 15.2. The highest BCUT2D eigenvalue weighted by Gasteiger charge is 2.33. The maximum absolute atomic E-state index is 12.5. The number of rotatable bonds is 11. The Morgan fingerprint density at radius 3 is 2.10 bits per heavy atom. The molecule has 0 amide bonds. The quantitative estimate of drug-likeness (QED) is 0.207. The third-order valence-corrected chi connectivity index (χ3v) is 7.09. The molecule has 3 rings (SSSR count). The van der Waals surface area contributed by atoms with Crippen LogP contribution in [0.3, 0.4) is 0 Å². The molecule has 2 nitrogen and oxygen atoms in total. The number of aryl methyl sites for hydroxylation is 1. The summed E-state index contributed by atoms with van der Waals surface area (Å²) in [5.41, 5.74) is 3.59. The van der Waals surface area contributed by atoms with Crippen LogP contribution in [0, 0.1) is 0 Å². The van der Waals surface area contributed by atoms with E-state index in [1.54, 1.807) is 0 Å². The van der Waals surface area contributed by atoms with Gasteiger partial charge < -0.3 is 4.74 Å². The van der Waals surface area contributed by atoms with Crippen molar-refractivity contribution in [3.05, 3.63) is 65.2 Å². The van der Waals surface area contributed by atoms with Gasteiger partial charge >= 0.3 is 5.97 Å². The lowest BCUT2D eigenvalue weighted by Crippen LogP contribution is -2.29. The number of carbonyl (C=O) groups excluding carboxylic acids is 1. The van der Waals surface area contributed by atoms with Crippen molar-refractivity contribution in [3.63, 3.8) is 0 Å². The summed E-state index contributed by atoms with van der Waals surface area (Å²) in [4.78, 5) is 12.5. The fraction of sp³-hybridized carbons (Fsp3) is 0.552. The van der Waals surface area contributed by atoms with Crippen LogP contribution in [0.15, 0.2) is 48.5 Å². The smallest absolute Gasteiger partial charge is 0.343 e. The molecule has 0 bridgehead atoms. The Morgan fingerprint density at radius 2 is 1.45 bits per heavy atom. The van der Waals surface area contributed by atoms with Gasteiger partial charge in [0, 0.05) is 0 Å². The number of esters is 1. The van der Waals surface area contributed by atoms with Crippen molar-refractivity contribution in [2.24, 2.45) is 0 Å². The first-order valence-corrected chi connectivity index (χ1v) is 12.6. The van der Waals surface area contributed by atoms with Gasteiger partial charge in [-0.2, -0.15) is 0 Å². The Labute approximate surface area is 189 Å². The number of hydrogen-bond donors (Lipinski definition) is 0. The summed E-state index contributed by atoms with van der Waals surface area (Å²) in [5, 5.41) is 0. The summed E-state index contributed by atoms with van der Waals surface area (Å²) in [7, 11) is 0. The number of carbonyl (C=O) groups is 1. The normalized spacial score (nSPS) is 15.5. The van der Waals surface area contributed by atoms with Gasteiger partial charge in [0.15, 0.2) is 0 Å². The minimum Gasteiger partial charge on any atom is -0.423 e. The maximum Gasteiger partial charge on any atom is 0.343 e. The molecule has 1 aliphatic rings. The highest BCUT2D eigenvalue weighted by atomic mass is 16.5. The molecule has 0 radical (unpaired) electrons. The van der Waals surface area contributed by atoms with Crippen molar-refractivity contribution < 1.29 is 9.53 Å². The topological polar surface area (TPSA) is 26.3 Å². The van der Waals surface area contributed by atoms with Crippen molar-refractivity contribution in [1.29, 1.82) is 0 Å². The molecule has 0 N–H and O–H groups in total. The minimum absolute atomic E-state index is 0.283. The standard InChI is InChI=1S/C29H40O2/c1-3-5-6-7-8-10-21-29(22-11-9-12-23-29)26-17-19-27(20-18-26)31-28(30)25-15-13-24(4-2)14-16-25/h13-20H,3-12,21-23H2,1-2H3. The molecule has 0 unspecified atom stereocenters. The van der Waals surface area contributed by atoms with Gasteiger partial charge in [0.1, 0.15) is 5.75 Å². The van der Waals surface area contributed by atoms with Gasteiger partial charge in [0.05, 0.1) is 5.56 Å². The second-order valence-corrected chi connectivity index (χ2v) is 9.32. The van der Waals surface area contributed by atoms with E-state index in [1.807, 2.05) is 36.4 Å². The Morgan fingerprint density at radius 1 is 0.806 bits per heavy atom. The van der Waals surface area contributed by atoms with Crippen LogP contribution >= 0.6 is 0 Å². The molecule has 0 saturated heterocycles. The van der Waals surface area contributed by atoms with Crippen LogP contribution in [-0.2, 0) is 11.8 Å². The largest absolute Gasteiger partial charge is 0.423 e. The summed E-state index contributed by atoms with van der Waals surface area (Å²) in [5.74, 6) is 0.355. The number of hydrogen-bond acceptors (Lipinski definition) is 2. The first-order valence-electron chi connectivity index (χ1n) is 12.6. The fourth-order valence-electron chi connectivity index (χ4n) is 5.07. The lowest BCUT2D eigenvalue weighted by molar-refractivity contribution is 0.0734.